The number of halogens is 2. The fourth-order valence-electron chi connectivity index (χ4n) is 1.47. The Kier molecular flexibility index (Phi) is 2.71. The number of aromatic nitrogens is 2. The number of hydrogen-bond donors (Lipinski definition) is 0. The van der Waals surface area contributed by atoms with E-state index < -0.39 is 0 Å². The summed E-state index contributed by atoms with van der Waals surface area (Å²) in [7, 11) is 0. The number of hydrogen-bond acceptors (Lipinski definition) is 4. The Morgan fingerprint density at radius 1 is 1.06 bits per heavy atom. The van der Waals surface area contributed by atoms with E-state index >= 15 is 0 Å². The van der Waals surface area contributed by atoms with Crippen LogP contribution in [0.2, 0.25) is 0 Å². The quantitative estimate of drug-likeness (QED) is 0.720. The van der Waals surface area contributed by atoms with E-state index in [1.807, 2.05) is 0 Å². The van der Waals surface area contributed by atoms with Crippen LogP contribution in [-0.4, -0.2) is 10.1 Å². The van der Waals surface area contributed by atoms with Crippen LogP contribution in [0.5, 0.6) is 0 Å². The average Bonchev–Trinajstić information content (AvgIpc) is 2.98. The molecule has 0 atom stereocenters. The topological polar surface area (TPSA) is 52.1 Å². The van der Waals surface area contributed by atoms with Crippen molar-refractivity contribution in [2.45, 2.75) is 0 Å². The van der Waals surface area contributed by atoms with Crippen molar-refractivity contribution in [1.29, 1.82) is 0 Å². The highest BCUT2D eigenvalue weighted by Crippen LogP contribution is 2.25. The summed E-state index contributed by atoms with van der Waals surface area (Å²) in [5, 5.41) is 3.80. The van der Waals surface area contributed by atoms with Crippen molar-refractivity contribution in [3.63, 3.8) is 0 Å². The SMILES string of the molecule is Fc1ccc(-c2nc(-c3ccc(Br)o3)no2)cc1. The maximum atomic E-state index is 12.8. The van der Waals surface area contributed by atoms with Crippen molar-refractivity contribution < 1.29 is 13.3 Å². The molecule has 0 spiro atoms. The minimum absolute atomic E-state index is 0.312. The van der Waals surface area contributed by atoms with E-state index in [1.54, 1.807) is 24.3 Å². The monoisotopic (exact) mass is 308 g/mol. The lowest BCUT2D eigenvalue weighted by Crippen LogP contribution is -1.79. The van der Waals surface area contributed by atoms with Gasteiger partial charge >= 0.3 is 0 Å². The zero-order valence-corrected chi connectivity index (χ0v) is 10.5. The Labute approximate surface area is 110 Å². The molecule has 0 saturated carbocycles. The van der Waals surface area contributed by atoms with Crippen molar-refractivity contribution in [2.24, 2.45) is 0 Å². The molecule has 4 nitrogen and oxygen atoms in total. The first kappa shape index (κ1) is 11.2. The molecular formula is C12H6BrFN2O2. The predicted molar refractivity (Wildman–Crippen MR) is 65.1 cm³/mol. The summed E-state index contributed by atoms with van der Waals surface area (Å²) in [4.78, 5) is 4.18. The molecule has 90 valence electrons. The highest BCUT2D eigenvalue weighted by Gasteiger charge is 2.13. The number of rotatable bonds is 2. The van der Waals surface area contributed by atoms with Crippen LogP contribution in [0.25, 0.3) is 23.0 Å². The number of furan rings is 1. The van der Waals surface area contributed by atoms with E-state index in [0.29, 0.717) is 27.7 Å². The Balaban J connectivity index is 1.96. The summed E-state index contributed by atoms with van der Waals surface area (Å²) < 4.78 is 23.8. The molecule has 2 heterocycles. The molecule has 2 aromatic heterocycles. The number of benzene rings is 1. The molecule has 0 fully saturated rings. The van der Waals surface area contributed by atoms with E-state index in [-0.39, 0.29) is 5.82 Å². The van der Waals surface area contributed by atoms with Crippen LogP contribution in [0.4, 0.5) is 4.39 Å². The molecule has 0 unspecified atom stereocenters. The van der Waals surface area contributed by atoms with Gasteiger partial charge in [-0.1, -0.05) is 5.16 Å². The molecule has 1 aromatic carbocycles. The summed E-state index contributed by atoms with van der Waals surface area (Å²) in [5.74, 6) is 0.852. The van der Waals surface area contributed by atoms with Gasteiger partial charge in [-0.05, 0) is 52.3 Å². The average molecular weight is 309 g/mol. The molecule has 0 amide bonds. The third-order valence-electron chi connectivity index (χ3n) is 2.31. The lowest BCUT2D eigenvalue weighted by atomic mass is 10.2. The molecule has 3 rings (SSSR count). The summed E-state index contributed by atoms with van der Waals surface area (Å²) >= 11 is 3.19. The third kappa shape index (κ3) is 2.06. The van der Waals surface area contributed by atoms with E-state index in [0.717, 1.165) is 0 Å². The van der Waals surface area contributed by atoms with Gasteiger partial charge in [0.15, 0.2) is 10.4 Å². The van der Waals surface area contributed by atoms with Crippen LogP contribution in [0.3, 0.4) is 0 Å². The maximum Gasteiger partial charge on any atom is 0.258 e. The first-order valence-electron chi connectivity index (χ1n) is 5.08. The molecular weight excluding hydrogens is 303 g/mol. The van der Waals surface area contributed by atoms with Gasteiger partial charge in [0.1, 0.15) is 5.82 Å². The van der Waals surface area contributed by atoms with Gasteiger partial charge in [-0.3, -0.25) is 0 Å². The molecule has 3 aromatic rings. The standard InChI is InChI=1S/C12H6BrFN2O2/c13-10-6-5-9(17-10)11-15-12(18-16-11)7-1-3-8(14)4-2-7/h1-6H. The molecule has 0 aliphatic heterocycles. The van der Waals surface area contributed by atoms with Crippen molar-refractivity contribution in [1.82, 2.24) is 10.1 Å². The highest BCUT2D eigenvalue weighted by atomic mass is 79.9. The van der Waals surface area contributed by atoms with Crippen LogP contribution < -0.4 is 0 Å². The fraction of sp³-hybridized carbons (Fsp3) is 0. The molecule has 18 heavy (non-hydrogen) atoms. The predicted octanol–water partition coefficient (Wildman–Crippen LogP) is 3.90. The molecule has 0 N–H and O–H groups in total. The Bertz CT molecular complexity index is 675. The van der Waals surface area contributed by atoms with Gasteiger partial charge in [0, 0.05) is 5.56 Å². The molecule has 0 radical (unpaired) electrons. The van der Waals surface area contributed by atoms with Gasteiger partial charge in [-0.25, -0.2) is 4.39 Å². The van der Waals surface area contributed by atoms with Crippen LogP contribution in [0.1, 0.15) is 0 Å². The van der Waals surface area contributed by atoms with Gasteiger partial charge in [-0.15, -0.1) is 0 Å². The fourth-order valence-corrected chi connectivity index (χ4v) is 1.77. The van der Waals surface area contributed by atoms with Crippen LogP contribution in [-0.2, 0) is 0 Å². The Hall–Kier alpha value is -1.95. The van der Waals surface area contributed by atoms with Crippen molar-refractivity contribution in [3.8, 4) is 23.0 Å². The van der Waals surface area contributed by atoms with Gasteiger partial charge in [0.05, 0.1) is 0 Å². The largest absolute Gasteiger partial charge is 0.446 e. The first-order chi connectivity index (χ1) is 8.72. The molecule has 0 bridgehead atoms. The van der Waals surface area contributed by atoms with Gasteiger partial charge in [0.25, 0.3) is 5.89 Å². The summed E-state index contributed by atoms with van der Waals surface area (Å²) in [6.45, 7) is 0. The second-order valence-corrected chi connectivity index (χ2v) is 4.32. The minimum atomic E-state index is -0.312. The minimum Gasteiger partial charge on any atom is -0.446 e. The number of nitrogens with zero attached hydrogens (tertiary/aromatic N) is 2. The van der Waals surface area contributed by atoms with Crippen molar-refractivity contribution >= 4 is 15.9 Å². The summed E-state index contributed by atoms with van der Waals surface area (Å²) in [6.07, 6.45) is 0. The Morgan fingerprint density at radius 2 is 1.83 bits per heavy atom. The van der Waals surface area contributed by atoms with E-state index in [2.05, 4.69) is 26.1 Å². The maximum absolute atomic E-state index is 12.8. The van der Waals surface area contributed by atoms with Crippen molar-refractivity contribution in [2.75, 3.05) is 0 Å². The second kappa shape index (κ2) is 4.38. The van der Waals surface area contributed by atoms with Gasteiger partial charge in [-0.2, -0.15) is 4.98 Å². The van der Waals surface area contributed by atoms with Crippen LogP contribution in [0.15, 0.2) is 50.0 Å². The zero-order valence-electron chi connectivity index (χ0n) is 8.93. The summed E-state index contributed by atoms with van der Waals surface area (Å²) in [6, 6.07) is 9.29. The lowest BCUT2D eigenvalue weighted by Gasteiger charge is -1.92. The Morgan fingerprint density at radius 3 is 2.50 bits per heavy atom. The van der Waals surface area contributed by atoms with Crippen LogP contribution >= 0.6 is 15.9 Å². The molecule has 6 heteroatoms. The van der Waals surface area contributed by atoms with Gasteiger partial charge in [0.2, 0.25) is 5.82 Å². The second-order valence-electron chi connectivity index (χ2n) is 3.53. The molecule has 0 saturated heterocycles. The summed E-state index contributed by atoms with van der Waals surface area (Å²) in [5.41, 5.74) is 0.653. The van der Waals surface area contributed by atoms with Crippen LogP contribution in [0, 0.1) is 5.82 Å². The smallest absolute Gasteiger partial charge is 0.258 e. The zero-order chi connectivity index (χ0) is 12.5. The molecule has 0 aliphatic rings. The highest BCUT2D eigenvalue weighted by molar-refractivity contribution is 9.10. The van der Waals surface area contributed by atoms with Crippen molar-refractivity contribution in [3.05, 3.63) is 46.9 Å². The van der Waals surface area contributed by atoms with E-state index in [1.165, 1.54) is 12.1 Å². The third-order valence-corrected chi connectivity index (χ3v) is 2.74. The lowest BCUT2D eigenvalue weighted by molar-refractivity contribution is 0.429. The van der Waals surface area contributed by atoms with Gasteiger partial charge < -0.3 is 8.94 Å². The van der Waals surface area contributed by atoms with E-state index in [4.69, 9.17) is 8.94 Å². The van der Waals surface area contributed by atoms with E-state index in [9.17, 15) is 4.39 Å². The normalized spacial score (nSPS) is 10.8. The molecule has 0 aliphatic carbocycles. The first-order valence-corrected chi connectivity index (χ1v) is 5.87.